The topological polar surface area (TPSA) is 37.4 Å². The van der Waals surface area contributed by atoms with Crippen molar-refractivity contribution in [2.24, 2.45) is 5.92 Å². The van der Waals surface area contributed by atoms with Crippen molar-refractivity contribution < 1.29 is 9.59 Å². The van der Waals surface area contributed by atoms with E-state index in [9.17, 15) is 9.59 Å². The molecule has 0 bridgehead atoms. The van der Waals surface area contributed by atoms with Gasteiger partial charge in [-0.05, 0) is 12.8 Å². The van der Waals surface area contributed by atoms with Gasteiger partial charge in [-0.3, -0.25) is 9.59 Å². The van der Waals surface area contributed by atoms with Crippen LogP contribution < -0.4 is 0 Å². The molecule has 0 N–H and O–H groups in total. The maximum atomic E-state index is 11.8. The van der Waals surface area contributed by atoms with Crippen molar-refractivity contribution in [3.63, 3.8) is 0 Å². The number of amides is 1. The number of nitrogens with zero attached hydrogens (tertiary/aromatic N) is 1. The molecule has 1 fully saturated rings. The number of aldehydes is 1. The van der Waals surface area contributed by atoms with Gasteiger partial charge in [0.25, 0.3) is 0 Å². The Kier molecular flexibility index (Phi) is 2.71. The number of hydrogen-bond acceptors (Lipinski definition) is 2. The van der Waals surface area contributed by atoms with Crippen molar-refractivity contribution in [1.29, 1.82) is 0 Å². The summed E-state index contributed by atoms with van der Waals surface area (Å²) < 4.78 is 0. The average Bonchev–Trinajstić information content (AvgIpc) is 2.60. The summed E-state index contributed by atoms with van der Waals surface area (Å²) in [4.78, 5) is 24.2. The molecule has 3 heteroatoms. The van der Waals surface area contributed by atoms with Crippen molar-refractivity contribution in [3.05, 3.63) is 23.8 Å². The minimum atomic E-state index is 0.158. The first-order valence-corrected chi connectivity index (χ1v) is 5.36. The minimum absolute atomic E-state index is 0.158. The monoisotopic (exact) mass is 205 g/mol. The normalized spacial score (nSPS) is 30.6. The molecule has 1 heterocycles. The number of likely N-dealkylation sites (tertiary alicyclic amines) is 1. The van der Waals surface area contributed by atoms with Gasteiger partial charge < -0.3 is 4.90 Å². The second kappa shape index (κ2) is 4.01. The van der Waals surface area contributed by atoms with Crippen LogP contribution in [0.3, 0.4) is 0 Å². The van der Waals surface area contributed by atoms with Crippen molar-refractivity contribution in [2.45, 2.75) is 25.8 Å². The Morgan fingerprint density at radius 3 is 2.80 bits per heavy atom. The first kappa shape index (κ1) is 10.1. The fraction of sp³-hybridized carbons (Fsp3) is 0.500. The van der Waals surface area contributed by atoms with Crippen molar-refractivity contribution in [2.75, 3.05) is 6.54 Å². The molecule has 0 spiro atoms. The van der Waals surface area contributed by atoms with Crippen molar-refractivity contribution in [1.82, 2.24) is 4.90 Å². The summed E-state index contributed by atoms with van der Waals surface area (Å²) in [5, 5.41) is 0. The van der Waals surface area contributed by atoms with E-state index in [1.165, 1.54) is 0 Å². The van der Waals surface area contributed by atoms with E-state index in [1.807, 2.05) is 24.0 Å². The predicted octanol–water partition coefficient (Wildman–Crippen LogP) is 1.31. The molecule has 0 radical (unpaired) electrons. The zero-order chi connectivity index (χ0) is 10.8. The standard InChI is InChI=1S/C12H15NO2/c1-9-6-7-13(12(9)15)11-4-2-10(8-14)3-5-11/h2-4,8-9,11H,5-7H2,1H3. The summed E-state index contributed by atoms with van der Waals surface area (Å²) in [7, 11) is 0. The van der Waals surface area contributed by atoms with Crippen LogP contribution in [0.2, 0.25) is 0 Å². The highest BCUT2D eigenvalue weighted by atomic mass is 16.2. The molecular weight excluding hydrogens is 190 g/mol. The summed E-state index contributed by atoms with van der Waals surface area (Å²) in [6, 6.07) is 0.158. The second-order valence-electron chi connectivity index (χ2n) is 4.21. The molecule has 3 nitrogen and oxygen atoms in total. The van der Waals surface area contributed by atoms with E-state index in [1.54, 1.807) is 6.08 Å². The summed E-state index contributed by atoms with van der Waals surface area (Å²) >= 11 is 0. The maximum Gasteiger partial charge on any atom is 0.225 e. The Labute approximate surface area is 89.4 Å². The molecule has 1 aliphatic carbocycles. The van der Waals surface area contributed by atoms with Crippen molar-refractivity contribution >= 4 is 12.2 Å². The Morgan fingerprint density at radius 2 is 2.33 bits per heavy atom. The summed E-state index contributed by atoms with van der Waals surface area (Å²) in [5.41, 5.74) is 0.714. The molecule has 0 aromatic heterocycles. The summed E-state index contributed by atoms with van der Waals surface area (Å²) in [6.07, 6.45) is 8.22. The van der Waals surface area contributed by atoms with E-state index >= 15 is 0 Å². The van der Waals surface area contributed by atoms with E-state index in [0.29, 0.717) is 5.57 Å². The van der Waals surface area contributed by atoms with Crippen LogP contribution in [0.15, 0.2) is 23.8 Å². The molecule has 2 rings (SSSR count). The molecule has 80 valence electrons. The van der Waals surface area contributed by atoms with Crippen LogP contribution in [-0.2, 0) is 9.59 Å². The van der Waals surface area contributed by atoms with Gasteiger partial charge in [0, 0.05) is 18.0 Å². The molecule has 15 heavy (non-hydrogen) atoms. The third-order valence-electron chi connectivity index (χ3n) is 3.15. The average molecular weight is 205 g/mol. The Balaban J connectivity index is 2.04. The highest BCUT2D eigenvalue weighted by molar-refractivity contribution is 5.82. The van der Waals surface area contributed by atoms with Gasteiger partial charge in [-0.1, -0.05) is 25.2 Å². The van der Waals surface area contributed by atoms with Crippen LogP contribution in [0.1, 0.15) is 19.8 Å². The fourth-order valence-electron chi connectivity index (χ4n) is 2.12. The van der Waals surface area contributed by atoms with Gasteiger partial charge in [-0.15, -0.1) is 0 Å². The lowest BCUT2D eigenvalue weighted by molar-refractivity contribution is -0.131. The first-order chi connectivity index (χ1) is 7.22. The lowest BCUT2D eigenvalue weighted by atomic mass is 10.0. The molecule has 0 aromatic rings. The van der Waals surface area contributed by atoms with Gasteiger partial charge >= 0.3 is 0 Å². The third kappa shape index (κ3) is 1.87. The highest BCUT2D eigenvalue weighted by Gasteiger charge is 2.32. The van der Waals surface area contributed by atoms with Gasteiger partial charge in [0.2, 0.25) is 5.91 Å². The van der Waals surface area contributed by atoms with Crippen LogP contribution in [0, 0.1) is 5.92 Å². The van der Waals surface area contributed by atoms with Crippen LogP contribution in [0.4, 0.5) is 0 Å². The Morgan fingerprint density at radius 1 is 1.53 bits per heavy atom. The lowest BCUT2D eigenvalue weighted by Gasteiger charge is -2.26. The van der Waals surface area contributed by atoms with Gasteiger partial charge in [0.05, 0.1) is 6.04 Å². The van der Waals surface area contributed by atoms with Gasteiger partial charge in [-0.2, -0.15) is 0 Å². The zero-order valence-electron chi connectivity index (χ0n) is 8.85. The van der Waals surface area contributed by atoms with Crippen LogP contribution in [0.25, 0.3) is 0 Å². The quantitative estimate of drug-likeness (QED) is 0.637. The maximum absolute atomic E-state index is 11.8. The fourth-order valence-corrected chi connectivity index (χ4v) is 2.12. The molecule has 0 saturated carbocycles. The molecule has 1 amide bonds. The van der Waals surface area contributed by atoms with E-state index in [2.05, 4.69) is 0 Å². The lowest BCUT2D eigenvalue weighted by Crippen LogP contribution is -2.36. The highest BCUT2D eigenvalue weighted by Crippen LogP contribution is 2.24. The van der Waals surface area contributed by atoms with Gasteiger partial charge in [-0.25, -0.2) is 0 Å². The molecule has 1 aliphatic heterocycles. The largest absolute Gasteiger partial charge is 0.336 e. The van der Waals surface area contributed by atoms with Crippen LogP contribution >= 0.6 is 0 Å². The number of allylic oxidation sites excluding steroid dienone is 2. The van der Waals surface area contributed by atoms with Crippen molar-refractivity contribution in [3.8, 4) is 0 Å². The predicted molar refractivity (Wildman–Crippen MR) is 57.2 cm³/mol. The molecule has 2 atom stereocenters. The SMILES string of the molecule is CC1CCN(C2C=CC(C=O)=CC2)C1=O. The number of carbonyl (C=O) groups excluding carboxylic acids is 2. The summed E-state index contributed by atoms with van der Waals surface area (Å²) in [6.45, 7) is 2.82. The Bertz CT molecular complexity index is 344. The molecule has 0 aromatic carbocycles. The zero-order valence-corrected chi connectivity index (χ0v) is 8.85. The number of hydrogen-bond donors (Lipinski definition) is 0. The first-order valence-electron chi connectivity index (χ1n) is 5.36. The third-order valence-corrected chi connectivity index (χ3v) is 3.15. The smallest absolute Gasteiger partial charge is 0.225 e. The van der Waals surface area contributed by atoms with Gasteiger partial charge in [0.15, 0.2) is 0 Å². The Hall–Kier alpha value is -1.38. The second-order valence-corrected chi connectivity index (χ2v) is 4.21. The van der Waals surface area contributed by atoms with E-state index < -0.39 is 0 Å². The molecule has 2 aliphatic rings. The van der Waals surface area contributed by atoms with E-state index in [4.69, 9.17) is 0 Å². The molecule has 1 saturated heterocycles. The molecule has 2 unspecified atom stereocenters. The van der Waals surface area contributed by atoms with Crippen LogP contribution in [-0.4, -0.2) is 29.7 Å². The van der Waals surface area contributed by atoms with Gasteiger partial charge in [0.1, 0.15) is 6.29 Å². The number of rotatable bonds is 2. The van der Waals surface area contributed by atoms with E-state index in [-0.39, 0.29) is 17.9 Å². The summed E-state index contributed by atoms with van der Waals surface area (Å²) in [5.74, 6) is 0.405. The molecular formula is C12H15NO2. The van der Waals surface area contributed by atoms with E-state index in [0.717, 1.165) is 25.7 Å². The van der Waals surface area contributed by atoms with Crippen LogP contribution in [0.5, 0.6) is 0 Å². The minimum Gasteiger partial charge on any atom is -0.336 e. The number of carbonyl (C=O) groups is 2.